The number of primary amides is 1. The van der Waals surface area contributed by atoms with E-state index in [2.05, 4.69) is 16.7 Å². The van der Waals surface area contributed by atoms with Gasteiger partial charge in [0, 0.05) is 44.4 Å². The third-order valence-corrected chi connectivity index (χ3v) is 7.97. The molecular weight excluding hydrogens is 532 g/mol. The molecule has 11 heteroatoms. The molecule has 2 aliphatic rings. The van der Waals surface area contributed by atoms with Crippen molar-refractivity contribution >= 4 is 41.3 Å². The second-order valence-corrected chi connectivity index (χ2v) is 12.1. The van der Waals surface area contributed by atoms with Crippen LogP contribution in [0.3, 0.4) is 0 Å². The Morgan fingerprint density at radius 2 is 1.75 bits per heavy atom. The van der Waals surface area contributed by atoms with Gasteiger partial charge in [0.2, 0.25) is 17.7 Å². The van der Waals surface area contributed by atoms with Crippen molar-refractivity contribution in [2.45, 2.75) is 62.1 Å². The number of benzene rings is 2. The second kappa shape index (κ2) is 11.9. The number of rotatable bonds is 7. The highest BCUT2D eigenvalue weighted by Gasteiger charge is 2.43. The summed E-state index contributed by atoms with van der Waals surface area (Å²) in [5, 5.41) is 5.48. The minimum absolute atomic E-state index is 0.0778. The van der Waals surface area contributed by atoms with Crippen LogP contribution in [0.2, 0.25) is 0 Å². The van der Waals surface area contributed by atoms with E-state index < -0.39 is 35.1 Å². The minimum atomic E-state index is -1.28. The molecule has 1 atom stereocenters. The highest BCUT2D eigenvalue weighted by atomic mass is 32.2. The lowest BCUT2D eigenvalue weighted by molar-refractivity contribution is -0.135. The third-order valence-electron chi connectivity index (χ3n) is 6.94. The third kappa shape index (κ3) is 6.95. The molecular formula is C29H36N4O6S. The predicted octanol–water partition coefficient (Wildman–Crippen LogP) is 3.01. The van der Waals surface area contributed by atoms with Gasteiger partial charge < -0.3 is 30.7 Å². The number of nitrogens with zero attached hydrogens (tertiary/aromatic N) is 1. The number of alkyl carbamates (subject to hydrolysis) is 1. The number of carbonyl (C=O) groups is 4. The van der Waals surface area contributed by atoms with Crippen LogP contribution >= 0.6 is 11.8 Å². The number of fused-ring (bicyclic) bond motifs is 1. The number of carbonyl (C=O) groups excluding carboxylic acids is 4. The van der Waals surface area contributed by atoms with Crippen LogP contribution in [0.4, 0.5) is 10.5 Å². The molecule has 4 rings (SSSR count). The van der Waals surface area contributed by atoms with Crippen molar-refractivity contribution in [3.8, 4) is 11.1 Å². The maximum atomic E-state index is 13.5. The molecule has 4 N–H and O–H groups in total. The number of nitrogens with one attached hydrogen (secondary N) is 2. The Bertz CT molecular complexity index is 1280. The number of nitrogens with two attached hydrogens (primary N) is 1. The molecule has 4 amide bonds. The summed E-state index contributed by atoms with van der Waals surface area (Å²) in [4.78, 5) is 53.0. The lowest BCUT2D eigenvalue weighted by Gasteiger charge is -2.37. The van der Waals surface area contributed by atoms with E-state index in [4.69, 9.17) is 15.2 Å². The fourth-order valence-electron chi connectivity index (χ4n) is 4.67. The predicted molar refractivity (Wildman–Crippen MR) is 153 cm³/mol. The van der Waals surface area contributed by atoms with Crippen LogP contribution in [0.1, 0.15) is 39.2 Å². The Morgan fingerprint density at radius 3 is 2.38 bits per heavy atom. The maximum Gasteiger partial charge on any atom is 0.408 e. The van der Waals surface area contributed by atoms with Crippen molar-refractivity contribution < 1.29 is 28.7 Å². The number of amides is 4. The molecule has 2 aliphatic heterocycles. The molecule has 0 spiro atoms. The smallest absolute Gasteiger partial charge is 0.408 e. The van der Waals surface area contributed by atoms with Crippen LogP contribution in [0.15, 0.2) is 47.4 Å². The SMILES string of the molecule is CN1C(=O)CSc2cc(-c3ccc(CC(NC(=O)C4(NC(=O)OC(C)(C)C)CCOCC4)C(N)=O)cc3)ccc21. The van der Waals surface area contributed by atoms with Gasteiger partial charge in [0.15, 0.2) is 0 Å². The zero-order valence-electron chi connectivity index (χ0n) is 23.2. The first-order valence-corrected chi connectivity index (χ1v) is 14.2. The van der Waals surface area contributed by atoms with Gasteiger partial charge in [-0.1, -0.05) is 30.3 Å². The fourth-order valence-corrected chi connectivity index (χ4v) is 5.71. The van der Waals surface area contributed by atoms with Crippen molar-refractivity contribution in [2.75, 3.05) is 30.9 Å². The van der Waals surface area contributed by atoms with Gasteiger partial charge in [-0.15, -0.1) is 11.8 Å². The summed E-state index contributed by atoms with van der Waals surface area (Å²) in [7, 11) is 1.78. The van der Waals surface area contributed by atoms with Crippen LogP contribution in [0, 0.1) is 0 Å². The molecule has 40 heavy (non-hydrogen) atoms. The van der Waals surface area contributed by atoms with Gasteiger partial charge in [-0.05, 0) is 49.6 Å². The number of thioether (sulfide) groups is 1. The number of anilines is 1. The summed E-state index contributed by atoms with van der Waals surface area (Å²) in [5.74, 6) is -0.693. The first-order valence-electron chi connectivity index (χ1n) is 13.2. The number of hydrogen-bond donors (Lipinski definition) is 3. The summed E-state index contributed by atoms with van der Waals surface area (Å²) in [6, 6.07) is 12.7. The number of hydrogen-bond acceptors (Lipinski definition) is 7. The Kier molecular flexibility index (Phi) is 8.74. The summed E-state index contributed by atoms with van der Waals surface area (Å²) in [6.07, 6.45) is -0.0508. The van der Waals surface area contributed by atoms with E-state index in [0.717, 1.165) is 27.3 Å². The normalized spacial score (nSPS) is 17.4. The van der Waals surface area contributed by atoms with Gasteiger partial charge in [0.05, 0.1) is 11.4 Å². The molecule has 1 unspecified atom stereocenters. The van der Waals surface area contributed by atoms with E-state index in [1.54, 1.807) is 32.7 Å². The molecule has 0 saturated carbocycles. The van der Waals surface area contributed by atoms with Crippen LogP contribution in [-0.2, 0) is 30.3 Å². The van der Waals surface area contributed by atoms with Crippen molar-refractivity contribution in [3.63, 3.8) is 0 Å². The van der Waals surface area contributed by atoms with E-state index >= 15 is 0 Å². The zero-order valence-corrected chi connectivity index (χ0v) is 24.1. The van der Waals surface area contributed by atoms with Crippen molar-refractivity contribution in [1.29, 1.82) is 0 Å². The highest BCUT2D eigenvalue weighted by Crippen LogP contribution is 2.37. The van der Waals surface area contributed by atoms with E-state index in [1.807, 2.05) is 36.4 Å². The largest absolute Gasteiger partial charge is 0.444 e. The van der Waals surface area contributed by atoms with Gasteiger partial charge >= 0.3 is 6.09 Å². The highest BCUT2D eigenvalue weighted by molar-refractivity contribution is 8.00. The molecule has 214 valence electrons. The first-order chi connectivity index (χ1) is 18.9. The molecule has 2 aromatic carbocycles. The Morgan fingerprint density at radius 1 is 1.10 bits per heavy atom. The van der Waals surface area contributed by atoms with Gasteiger partial charge in [0.25, 0.3) is 0 Å². The Hall–Kier alpha value is -3.57. The van der Waals surface area contributed by atoms with Crippen LogP contribution < -0.4 is 21.3 Å². The van der Waals surface area contributed by atoms with Gasteiger partial charge in [0.1, 0.15) is 17.2 Å². The molecule has 10 nitrogen and oxygen atoms in total. The molecule has 0 bridgehead atoms. The second-order valence-electron chi connectivity index (χ2n) is 11.1. The number of ether oxygens (including phenoxy) is 2. The van der Waals surface area contributed by atoms with Crippen LogP contribution in [0.25, 0.3) is 11.1 Å². The summed E-state index contributed by atoms with van der Waals surface area (Å²) < 4.78 is 10.8. The van der Waals surface area contributed by atoms with Gasteiger partial charge in [-0.25, -0.2) is 4.79 Å². The summed E-state index contributed by atoms with van der Waals surface area (Å²) >= 11 is 1.52. The Labute approximate surface area is 238 Å². The van der Waals surface area contributed by atoms with Crippen molar-refractivity contribution in [3.05, 3.63) is 48.0 Å². The topological polar surface area (TPSA) is 140 Å². The van der Waals surface area contributed by atoms with E-state index in [9.17, 15) is 19.2 Å². The molecule has 2 heterocycles. The first kappa shape index (κ1) is 29.4. The Balaban J connectivity index is 1.46. The molecule has 0 radical (unpaired) electrons. The average molecular weight is 569 g/mol. The maximum absolute atomic E-state index is 13.5. The lowest BCUT2D eigenvalue weighted by Crippen LogP contribution is -2.64. The van der Waals surface area contributed by atoms with Crippen LogP contribution in [0.5, 0.6) is 0 Å². The van der Waals surface area contributed by atoms with Gasteiger partial charge in [-0.2, -0.15) is 0 Å². The summed E-state index contributed by atoms with van der Waals surface area (Å²) in [6.45, 7) is 5.77. The lowest BCUT2D eigenvalue weighted by atomic mass is 9.88. The zero-order chi connectivity index (χ0) is 29.1. The van der Waals surface area contributed by atoms with E-state index in [0.29, 0.717) is 5.75 Å². The fraction of sp³-hybridized carbons (Fsp3) is 0.448. The summed E-state index contributed by atoms with van der Waals surface area (Å²) in [5.41, 5.74) is 7.36. The van der Waals surface area contributed by atoms with Crippen LogP contribution in [-0.4, -0.2) is 67.0 Å². The molecule has 1 fully saturated rings. The van der Waals surface area contributed by atoms with Crippen molar-refractivity contribution in [2.24, 2.45) is 5.73 Å². The standard InChI is InChI=1S/C29H36N4O6S/c1-28(2,3)39-27(37)32-29(11-13-38-14-12-29)26(36)31-21(25(30)35)15-18-5-7-19(8-6-18)20-9-10-22-23(16-20)40-17-24(34)33(22)4/h5-10,16,21H,11-15,17H2,1-4H3,(H2,30,35)(H,31,36)(H,32,37). The molecule has 2 aromatic rings. The minimum Gasteiger partial charge on any atom is -0.444 e. The molecule has 1 saturated heterocycles. The monoisotopic (exact) mass is 568 g/mol. The quantitative estimate of drug-likeness (QED) is 0.466. The molecule has 0 aliphatic carbocycles. The average Bonchev–Trinajstić information content (AvgIpc) is 2.90. The molecule has 0 aromatic heterocycles. The van der Waals surface area contributed by atoms with Gasteiger partial charge in [-0.3, -0.25) is 14.4 Å². The van der Waals surface area contributed by atoms with E-state index in [-0.39, 0.29) is 38.4 Å². The van der Waals surface area contributed by atoms with E-state index in [1.165, 1.54) is 11.8 Å². The van der Waals surface area contributed by atoms with Crippen molar-refractivity contribution in [1.82, 2.24) is 10.6 Å².